The van der Waals surface area contributed by atoms with Gasteiger partial charge in [0.15, 0.2) is 11.6 Å². The molecule has 0 saturated carbocycles. The quantitative estimate of drug-likeness (QED) is 0.675. The van der Waals surface area contributed by atoms with E-state index in [0.717, 1.165) is 12.1 Å². The summed E-state index contributed by atoms with van der Waals surface area (Å²) in [7, 11) is 0. The molecular weight excluding hydrogens is 439 g/mol. The monoisotopic (exact) mass is 464 g/mol. The smallest absolute Gasteiger partial charge is 0.322 e. The van der Waals surface area contributed by atoms with Gasteiger partial charge in [-0.1, -0.05) is 42.5 Å². The molecule has 1 spiro atoms. The summed E-state index contributed by atoms with van der Waals surface area (Å²) >= 11 is 0. The van der Waals surface area contributed by atoms with Crippen LogP contribution in [0.3, 0.4) is 0 Å². The summed E-state index contributed by atoms with van der Waals surface area (Å²) in [4.78, 5) is 41.9. The van der Waals surface area contributed by atoms with Crippen LogP contribution in [0.1, 0.15) is 17.5 Å². The lowest BCUT2D eigenvalue weighted by Gasteiger charge is -2.40. The van der Waals surface area contributed by atoms with Crippen LogP contribution < -0.4 is 15.4 Å². The summed E-state index contributed by atoms with van der Waals surface area (Å²) in [5, 5.41) is 4.81. The van der Waals surface area contributed by atoms with E-state index in [1.54, 1.807) is 4.90 Å². The van der Waals surface area contributed by atoms with E-state index in [1.807, 2.05) is 30.3 Å². The molecule has 0 aromatic heterocycles. The van der Waals surface area contributed by atoms with Gasteiger partial charge in [0, 0.05) is 44.7 Å². The molecule has 2 saturated heterocycles. The molecule has 0 bridgehead atoms. The molecular formula is C25H25FN4O4. The largest absolute Gasteiger partial charge is 0.480 e. The molecule has 0 aliphatic carbocycles. The van der Waals surface area contributed by atoms with Crippen molar-refractivity contribution in [3.8, 4) is 5.75 Å². The van der Waals surface area contributed by atoms with E-state index in [2.05, 4.69) is 27.7 Å². The summed E-state index contributed by atoms with van der Waals surface area (Å²) in [6.45, 7) is 3.26. The molecule has 3 aliphatic rings. The van der Waals surface area contributed by atoms with Crippen molar-refractivity contribution in [1.82, 2.24) is 20.4 Å². The number of hydrogen-bond acceptors (Lipinski definition) is 5. The highest BCUT2D eigenvalue weighted by Gasteiger charge is 2.55. The lowest BCUT2D eigenvalue weighted by Crippen LogP contribution is -2.57. The van der Waals surface area contributed by atoms with Crippen molar-refractivity contribution in [3.63, 3.8) is 0 Å². The standard InChI is InChI=1S/C25H25FN4O4/c26-18-8-9-20-19(15-18)25(23(32)27-24(33)28-25)16-21(34-20)22(31)30-13-11-29(12-14-30)10-4-7-17-5-2-1-3-6-17/h1-9,15,21H,10-14,16H2,(H2,27,28,32,33)/t21-,25-/m1/s1. The van der Waals surface area contributed by atoms with Crippen LogP contribution in [-0.4, -0.2) is 66.5 Å². The van der Waals surface area contributed by atoms with Gasteiger partial charge in [-0.15, -0.1) is 0 Å². The number of amides is 4. The Hall–Kier alpha value is -3.72. The van der Waals surface area contributed by atoms with E-state index < -0.39 is 29.4 Å². The highest BCUT2D eigenvalue weighted by molar-refractivity contribution is 6.08. The van der Waals surface area contributed by atoms with Crippen LogP contribution in [0.2, 0.25) is 0 Å². The second-order valence-corrected chi connectivity index (χ2v) is 8.70. The van der Waals surface area contributed by atoms with Crippen molar-refractivity contribution in [1.29, 1.82) is 0 Å². The molecule has 2 N–H and O–H groups in total. The predicted octanol–water partition coefficient (Wildman–Crippen LogP) is 1.87. The normalized spacial score (nSPS) is 24.6. The molecule has 2 aromatic rings. The lowest BCUT2D eigenvalue weighted by molar-refractivity contribution is -0.143. The number of ether oxygens (including phenoxy) is 1. The third kappa shape index (κ3) is 4.14. The maximum atomic E-state index is 13.9. The van der Waals surface area contributed by atoms with Crippen LogP contribution in [-0.2, 0) is 15.1 Å². The Morgan fingerprint density at radius 1 is 1.12 bits per heavy atom. The molecule has 34 heavy (non-hydrogen) atoms. The fourth-order valence-electron chi connectivity index (χ4n) is 4.74. The highest BCUT2D eigenvalue weighted by atomic mass is 19.1. The van der Waals surface area contributed by atoms with Crippen LogP contribution in [0.15, 0.2) is 54.6 Å². The summed E-state index contributed by atoms with van der Waals surface area (Å²) in [5.41, 5.74) is -0.172. The molecule has 8 nitrogen and oxygen atoms in total. The van der Waals surface area contributed by atoms with Crippen molar-refractivity contribution in [2.24, 2.45) is 0 Å². The molecule has 176 valence electrons. The molecule has 0 unspecified atom stereocenters. The molecule has 9 heteroatoms. The Morgan fingerprint density at radius 2 is 1.88 bits per heavy atom. The van der Waals surface area contributed by atoms with Gasteiger partial charge < -0.3 is 15.0 Å². The van der Waals surface area contributed by atoms with Crippen molar-refractivity contribution < 1.29 is 23.5 Å². The summed E-state index contributed by atoms with van der Waals surface area (Å²) in [6.07, 6.45) is 3.12. The number of piperazine rings is 1. The van der Waals surface area contributed by atoms with Crippen molar-refractivity contribution in [3.05, 3.63) is 71.6 Å². The predicted molar refractivity (Wildman–Crippen MR) is 122 cm³/mol. The molecule has 0 radical (unpaired) electrons. The van der Waals surface area contributed by atoms with E-state index in [9.17, 15) is 18.8 Å². The topological polar surface area (TPSA) is 91.0 Å². The lowest BCUT2D eigenvalue weighted by atomic mass is 9.81. The van der Waals surface area contributed by atoms with Gasteiger partial charge >= 0.3 is 6.03 Å². The van der Waals surface area contributed by atoms with Crippen molar-refractivity contribution in [2.45, 2.75) is 18.1 Å². The highest BCUT2D eigenvalue weighted by Crippen LogP contribution is 2.42. The molecule has 4 amide bonds. The fourth-order valence-corrected chi connectivity index (χ4v) is 4.74. The number of rotatable bonds is 4. The van der Waals surface area contributed by atoms with E-state index in [-0.39, 0.29) is 23.6 Å². The van der Waals surface area contributed by atoms with Gasteiger partial charge in [0.2, 0.25) is 0 Å². The van der Waals surface area contributed by atoms with Gasteiger partial charge in [-0.25, -0.2) is 9.18 Å². The van der Waals surface area contributed by atoms with Gasteiger partial charge in [-0.05, 0) is 23.8 Å². The Bertz CT molecular complexity index is 1150. The molecule has 3 heterocycles. The van der Waals surface area contributed by atoms with E-state index >= 15 is 0 Å². The van der Waals surface area contributed by atoms with E-state index in [0.29, 0.717) is 26.2 Å². The number of fused-ring (bicyclic) bond motifs is 2. The maximum absolute atomic E-state index is 13.9. The minimum absolute atomic E-state index is 0.0973. The molecule has 2 fully saturated rings. The van der Waals surface area contributed by atoms with Crippen molar-refractivity contribution in [2.75, 3.05) is 32.7 Å². The second kappa shape index (κ2) is 8.90. The number of urea groups is 1. The Balaban J connectivity index is 1.25. The van der Waals surface area contributed by atoms with Crippen LogP contribution in [0.4, 0.5) is 9.18 Å². The first-order valence-corrected chi connectivity index (χ1v) is 11.3. The van der Waals surface area contributed by atoms with Gasteiger partial charge in [0.05, 0.1) is 0 Å². The SMILES string of the molecule is O=C1NC(=O)[C@]2(C[C@H](C(=O)N3CCN(CC=Cc4ccccc4)CC3)Oc3ccc(F)cc32)N1. The van der Waals surface area contributed by atoms with Crippen LogP contribution in [0.25, 0.3) is 6.08 Å². The third-order valence-corrected chi connectivity index (χ3v) is 6.54. The van der Waals surface area contributed by atoms with Crippen molar-refractivity contribution >= 4 is 23.9 Å². The second-order valence-electron chi connectivity index (χ2n) is 8.70. The van der Waals surface area contributed by atoms with E-state index in [4.69, 9.17) is 4.74 Å². The number of carbonyl (C=O) groups excluding carboxylic acids is 3. The van der Waals surface area contributed by atoms with Crippen LogP contribution >= 0.6 is 0 Å². The molecule has 3 aliphatic heterocycles. The average Bonchev–Trinajstić information content (AvgIpc) is 3.13. The van der Waals surface area contributed by atoms with E-state index in [1.165, 1.54) is 18.2 Å². The zero-order valence-corrected chi connectivity index (χ0v) is 18.5. The third-order valence-electron chi connectivity index (χ3n) is 6.54. The minimum atomic E-state index is -1.53. The number of imide groups is 1. The zero-order chi connectivity index (χ0) is 23.7. The molecule has 2 aromatic carbocycles. The number of nitrogens with zero attached hydrogens (tertiary/aromatic N) is 2. The first-order chi connectivity index (χ1) is 16.4. The number of benzene rings is 2. The van der Waals surface area contributed by atoms with Gasteiger partial charge in [0.1, 0.15) is 11.6 Å². The first kappa shape index (κ1) is 22.1. The molecule has 5 rings (SSSR count). The Labute approximate surface area is 196 Å². The number of halogens is 1. The molecule has 2 atom stereocenters. The fraction of sp³-hybridized carbons (Fsp3) is 0.320. The number of nitrogens with one attached hydrogen (secondary N) is 2. The minimum Gasteiger partial charge on any atom is -0.480 e. The Morgan fingerprint density at radius 3 is 2.59 bits per heavy atom. The van der Waals surface area contributed by atoms with Crippen LogP contribution in [0, 0.1) is 5.82 Å². The van der Waals surface area contributed by atoms with Gasteiger partial charge in [0.25, 0.3) is 11.8 Å². The maximum Gasteiger partial charge on any atom is 0.322 e. The number of carbonyl (C=O) groups is 3. The summed E-state index contributed by atoms with van der Waals surface area (Å²) < 4.78 is 19.8. The van der Waals surface area contributed by atoms with Crippen LogP contribution in [0.5, 0.6) is 5.75 Å². The van der Waals surface area contributed by atoms with Gasteiger partial charge in [-0.2, -0.15) is 0 Å². The van der Waals surface area contributed by atoms with Gasteiger partial charge in [-0.3, -0.25) is 19.8 Å². The summed E-state index contributed by atoms with van der Waals surface area (Å²) in [5.74, 6) is -1.20. The average molecular weight is 464 g/mol. The first-order valence-electron chi connectivity index (χ1n) is 11.3. The summed E-state index contributed by atoms with van der Waals surface area (Å²) in [6, 6.07) is 13.2. The Kier molecular flexibility index (Phi) is 5.79. The number of hydrogen-bond donors (Lipinski definition) is 2. The zero-order valence-electron chi connectivity index (χ0n) is 18.5.